The molecule has 1 aliphatic heterocycles. The summed E-state index contributed by atoms with van der Waals surface area (Å²) in [7, 11) is 0. The number of nitrogens with zero attached hydrogens (tertiary/aromatic N) is 2. The molecule has 1 aromatic carbocycles. The van der Waals surface area contributed by atoms with E-state index in [1.165, 1.54) is 5.56 Å². The molecule has 4 rings (SSSR count). The van der Waals surface area contributed by atoms with Crippen LogP contribution in [0.3, 0.4) is 0 Å². The van der Waals surface area contributed by atoms with Gasteiger partial charge in [-0.1, -0.05) is 36.4 Å². The molecule has 0 spiro atoms. The highest BCUT2D eigenvalue weighted by molar-refractivity contribution is 5.77. The minimum absolute atomic E-state index is 0.00512. The summed E-state index contributed by atoms with van der Waals surface area (Å²) >= 11 is 0. The highest BCUT2D eigenvalue weighted by Crippen LogP contribution is 2.33. The second kappa shape index (κ2) is 8.84. The molecule has 5 nitrogen and oxygen atoms in total. The molecule has 5 heteroatoms. The molecule has 30 heavy (non-hydrogen) atoms. The van der Waals surface area contributed by atoms with Gasteiger partial charge in [-0.15, -0.1) is 0 Å². The molecular formula is C25H28N2O3. The number of piperidine rings is 1. The van der Waals surface area contributed by atoms with Gasteiger partial charge in [0.05, 0.1) is 12.0 Å². The molecule has 0 aliphatic carbocycles. The second-order valence-corrected chi connectivity index (χ2v) is 8.24. The summed E-state index contributed by atoms with van der Waals surface area (Å²) in [6.07, 6.45) is 5.59. The summed E-state index contributed by atoms with van der Waals surface area (Å²) in [5.74, 6) is 0.935. The van der Waals surface area contributed by atoms with E-state index in [2.05, 4.69) is 17.1 Å². The number of hydrogen-bond acceptors (Lipinski definition) is 4. The minimum atomic E-state index is -0.963. The van der Waals surface area contributed by atoms with E-state index >= 15 is 0 Å². The van der Waals surface area contributed by atoms with Gasteiger partial charge in [-0.2, -0.15) is 0 Å². The van der Waals surface area contributed by atoms with E-state index in [4.69, 9.17) is 4.42 Å². The lowest BCUT2D eigenvalue weighted by Gasteiger charge is -2.38. The number of pyridine rings is 1. The van der Waals surface area contributed by atoms with Gasteiger partial charge in [-0.25, -0.2) is 0 Å². The van der Waals surface area contributed by atoms with Gasteiger partial charge in [-0.3, -0.25) is 9.78 Å². The maximum Gasteiger partial charge on any atom is 0.223 e. The second-order valence-electron chi connectivity index (χ2n) is 8.24. The van der Waals surface area contributed by atoms with Crippen LogP contribution in [0.5, 0.6) is 0 Å². The van der Waals surface area contributed by atoms with Crippen LogP contribution >= 0.6 is 0 Å². The average Bonchev–Trinajstić information content (AvgIpc) is 3.30. The lowest BCUT2D eigenvalue weighted by atomic mass is 9.87. The largest absolute Gasteiger partial charge is 0.469 e. The third kappa shape index (κ3) is 4.62. The van der Waals surface area contributed by atoms with Crippen LogP contribution in [0.25, 0.3) is 0 Å². The highest BCUT2D eigenvalue weighted by Gasteiger charge is 2.37. The SMILES string of the molecule is Cc1ccc(C2(O)CCN(C(=O)CC(Cc3ccccc3)c3ccco3)CC2)nc1. The molecule has 2 aromatic heterocycles. The van der Waals surface area contributed by atoms with Crippen LogP contribution in [0.1, 0.15) is 47.8 Å². The predicted octanol–water partition coefficient (Wildman–Crippen LogP) is 4.21. The number of aromatic nitrogens is 1. The lowest BCUT2D eigenvalue weighted by molar-refractivity contribution is -0.136. The van der Waals surface area contributed by atoms with Gasteiger partial charge >= 0.3 is 0 Å². The fourth-order valence-corrected chi connectivity index (χ4v) is 4.16. The first kappa shape index (κ1) is 20.4. The summed E-state index contributed by atoms with van der Waals surface area (Å²) in [5, 5.41) is 11.0. The topological polar surface area (TPSA) is 66.6 Å². The third-order valence-corrected chi connectivity index (χ3v) is 6.02. The molecule has 0 saturated carbocycles. The molecule has 3 aromatic rings. The third-order valence-electron chi connectivity index (χ3n) is 6.02. The fraction of sp³-hybridized carbons (Fsp3) is 0.360. The van der Waals surface area contributed by atoms with Crippen LogP contribution in [0.2, 0.25) is 0 Å². The van der Waals surface area contributed by atoms with Crippen LogP contribution in [-0.2, 0) is 16.8 Å². The molecular weight excluding hydrogens is 376 g/mol. The Balaban J connectivity index is 1.40. The van der Waals surface area contributed by atoms with Crippen molar-refractivity contribution in [3.63, 3.8) is 0 Å². The number of aryl methyl sites for hydroxylation is 1. The molecule has 1 saturated heterocycles. The fourth-order valence-electron chi connectivity index (χ4n) is 4.16. The van der Waals surface area contributed by atoms with Crippen molar-refractivity contribution in [3.8, 4) is 0 Å². The van der Waals surface area contributed by atoms with Gasteiger partial charge in [0.15, 0.2) is 0 Å². The Morgan fingerprint density at radius 2 is 1.90 bits per heavy atom. The summed E-state index contributed by atoms with van der Waals surface area (Å²) in [5.41, 5.74) is 1.98. The minimum Gasteiger partial charge on any atom is -0.469 e. The molecule has 1 unspecified atom stereocenters. The van der Waals surface area contributed by atoms with Gasteiger partial charge in [-0.05, 0) is 55.5 Å². The molecule has 1 atom stereocenters. The Kier molecular flexibility index (Phi) is 6.00. The van der Waals surface area contributed by atoms with Crippen molar-refractivity contribution in [1.82, 2.24) is 9.88 Å². The normalized spacial score (nSPS) is 16.9. The molecule has 1 fully saturated rings. The average molecular weight is 405 g/mol. The van der Waals surface area contributed by atoms with Gasteiger partial charge in [0.1, 0.15) is 11.4 Å². The Bertz CT molecular complexity index is 944. The summed E-state index contributed by atoms with van der Waals surface area (Å²) in [6.45, 7) is 3.04. The number of carbonyl (C=O) groups is 1. The van der Waals surface area contributed by atoms with E-state index in [1.54, 1.807) is 12.5 Å². The van der Waals surface area contributed by atoms with Crippen LogP contribution in [0, 0.1) is 6.92 Å². The number of likely N-dealkylation sites (tertiary alicyclic amines) is 1. The van der Waals surface area contributed by atoms with Crippen LogP contribution in [0.4, 0.5) is 0 Å². The highest BCUT2D eigenvalue weighted by atomic mass is 16.3. The Hall–Kier alpha value is -2.92. The van der Waals surface area contributed by atoms with E-state index in [-0.39, 0.29) is 11.8 Å². The Morgan fingerprint density at radius 3 is 2.53 bits per heavy atom. The van der Waals surface area contributed by atoms with E-state index in [0.29, 0.717) is 38.0 Å². The summed E-state index contributed by atoms with van der Waals surface area (Å²) in [4.78, 5) is 19.3. The number of amides is 1. The molecule has 0 radical (unpaired) electrons. The number of furan rings is 1. The summed E-state index contributed by atoms with van der Waals surface area (Å²) in [6, 6.07) is 17.9. The van der Waals surface area contributed by atoms with E-state index in [9.17, 15) is 9.90 Å². The van der Waals surface area contributed by atoms with Gasteiger partial charge in [0.2, 0.25) is 5.91 Å². The van der Waals surface area contributed by atoms with E-state index in [0.717, 1.165) is 17.7 Å². The zero-order valence-electron chi connectivity index (χ0n) is 17.3. The summed E-state index contributed by atoms with van der Waals surface area (Å²) < 4.78 is 5.64. The molecule has 1 N–H and O–H groups in total. The first-order valence-corrected chi connectivity index (χ1v) is 10.5. The maximum atomic E-state index is 13.1. The van der Waals surface area contributed by atoms with Crippen molar-refractivity contribution in [3.05, 3.63) is 89.6 Å². The van der Waals surface area contributed by atoms with Crippen molar-refractivity contribution in [1.29, 1.82) is 0 Å². The number of rotatable bonds is 6. The van der Waals surface area contributed by atoms with Crippen molar-refractivity contribution in [2.45, 2.75) is 44.1 Å². The Labute approximate surface area is 177 Å². The van der Waals surface area contributed by atoms with Crippen molar-refractivity contribution >= 4 is 5.91 Å². The first-order valence-electron chi connectivity index (χ1n) is 10.5. The molecule has 156 valence electrons. The van der Waals surface area contributed by atoms with E-state index < -0.39 is 5.60 Å². The Morgan fingerprint density at radius 1 is 1.13 bits per heavy atom. The molecule has 1 amide bonds. The quantitative estimate of drug-likeness (QED) is 0.668. The number of hydrogen-bond donors (Lipinski definition) is 1. The smallest absolute Gasteiger partial charge is 0.223 e. The number of aliphatic hydroxyl groups is 1. The molecule has 1 aliphatic rings. The zero-order chi connectivity index (χ0) is 21.0. The first-order chi connectivity index (χ1) is 14.5. The number of benzene rings is 1. The van der Waals surface area contributed by atoms with Gasteiger partial charge in [0, 0.05) is 31.6 Å². The van der Waals surface area contributed by atoms with Gasteiger partial charge in [0.25, 0.3) is 0 Å². The molecule has 0 bridgehead atoms. The van der Waals surface area contributed by atoms with Crippen LogP contribution in [0.15, 0.2) is 71.5 Å². The van der Waals surface area contributed by atoms with Crippen molar-refractivity contribution < 1.29 is 14.3 Å². The monoisotopic (exact) mass is 404 g/mol. The zero-order valence-corrected chi connectivity index (χ0v) is 17.3. The molecule has 3 heterocycles. The van der Waals surface area contributed by atoms with Crippen LogP contribution in [-0.4, -0.2) is 34.0 Å². The maximum absolute atomic E-state index is 13.1. The number of carbonyl (C=O) groups excluding carboxylic acids is 1. The van der Waals surface area contributed by atoms with E-state index in [1.807, 2.05) is 54.3 Å². The van der Waals surface area contributed by atoms with Crippen LogP contribution < -0.4 is 0 Å². The predicted molar refractivity (Wildman–Crippen MR) is 115 cm³/mol. The van der Waals surface area contributed by atoms with Crippen molar-refractivity contribution in [2.75, 3.05) is 13.1 Å². The lowest BCUT2D eigenvalue weighted by Crippen LogP contribution is -2.45. The van der Waals surface area contributed by atoms with Gasteiger partial charge < -0.3 is 14.4 Å². The standard InChI is InChI=1S/C25H28N2O3/c1-19-9-10-23(26-18-19)25(29)11-13-27(14-12-25)24(28)17-21(22-8-5-15-30-22)16-20-6-3-2-4-7-20/h2-10,15,18,21,29H,11-14,16-17H2,1H3. The van der Waals surface area contributed by atoms with Crippen molar-refractivity contribution in [2.24, 2.45) is 0 Å².